The summed E-state index contributed by atoms with van der Waals surface area (Å²) in [5.74, 6) is -0.277. The van der Waals surface area contributed by atoms with E-state index < -0.39 is 6.29 Å². The SMILES string of the molecule is CC(C)CCN1C(=O)C2CCC(C(=O)NC3CCCC3)CC2N2C(=O)N(CC(=O)NC(C)C)NC12. The number of carbonyl (C=O) groups is 4. The monoisotopic (exact) mass is 490 g/mol. The lowest BCUT2D eigenvalue weighted by atomic mass is 9.75. The van der Waals surface area contributed by atoms with Crippen molar-refractivity contribution in [3.8, 4) is 0 Å². The summed E-state index contributed by atoms with van der Waals surface area (Å²) in [5, 5.41) is 7.35. The Hall–Kier alpha value is -2.36. The van der Waals surface area contributed by atoms with Crippen molar-refractivity contribution in [1.29, 1.82) is 0 Å². The second kappa shape index (κ2) is 10.7. The van der Waals surface area contributed by atoms with E-state index in [9.17, 15) is 19.2 Å². The van der Waals surface area contributed by atoms with E-state index in [4.69, 9.17) is 0 Å². The molecule has 10 nitrogen and oxygen atoms in total. The molecule has 0 bridgehead atoms. The molecule has 10 heteroatoms. The first-order valence-corrected chi connectivity index (χ1v) is 13.4. The number of rotatable bonds is 8. The van der Waals surface area contributed by atoms with Gasteiger partial charge < -0.3 is 15.5 Å². The Kier molecular flexibility index (Phi) is 7.88. The first-order chi connectivity index (χ1) is 16.7. The largest absolute Gasteiger partial charge is 0.353 e. The number of fused-ring (bicyclic) bond motifs is 3. The van der Waals surface area contributed by atoms with E-state index in [1.807, 2.05) is 13.8 Å². The van der Waals surface area contributed by atoms with Crippen LogP contribution in [0.3, 0.4) is 0 Å². The van der Waals surface area contributed by atoms with Crippen LogP contribution in [0.15, 0.2) is 0 Å². The van der Waals surface area contributed by atoms with Crippen LogP contribution in [-0.4, -0.2) is 76.1 Å². The van der Waals surface area contributed by atoms with Crippen molar-refractivity contribution in [2.45, 2.75) is 103 Å². The van der Waals surface area contributed by atoms with E-state index in [1.165, 1.54) is 5.01 Å². The molecule has 4 atom stereocenters. The third kappa shape index (κ3) is 5.57. The summed E-state index contributed by atoms with van der Waals surface area (Å²) in [6.07, 6.45) is 6.27. The van der Waals surface area contributed by atoms with Gasteiger partial charge in [0.15, 0.2) is 6.29 Å². The van der Waals surface area contributed by atoms with E-state index in [0.717, 1.165) is 32.1 Å². The molecule has 0 aromatic carbocycles. The summed E-state index contributed by atoms with van der Waals surface area (Å²) >= 11 is 0. The summed E-state index contributed by atoms with van der Waals surface area (Å²) < 4.78 is 0. The standard InChI is InChI=1S/C25H42N6O4/c1-15(2)11-12-29-23(34)19-10-9-17(22(33)27-18-7-5-6-8-18)13-20(19)31-24(29)28-30(25(31)35)14-21(32)26-16(3)4/h15-20,24,28H,5-14H2,1-4H3,(H,26,32)(H,27,33). The van der Waals surface area contributed by atoms with Crippen LogP contribution in [0, 0.1) is 17.8 Å². The Balaban J connectivity index is 1.52. The molecule has 3 N–H and O–H groups in total. The molecule has 0 radical (unpaired) electrons. The van der Waals surface area contributed by atoms with Crippen LogP contribution < -0.4 is 16.1 Å². The smallest absolute Gasteiger partial charge is 0.337 e. The third-order valence-corrected chi connectivity index (χ3v) is 7.83. The molecule has 2 aliphatic heterocycles. The van der Waals surface area contributed by atoms with Crippen molar-refractivity contribution in [3.63, 3.8) is 0 Å². The van der Waals surface area contributed by atoms with Crippen LogP contribution in [0.5, 0.6) is 0 Å². The van der Waals surface area contributed by atoms with Gasteiger partial charge in [-0.2, -0.15) is 5.43 Å². The van der Waals surface area contributed by atoms with E-state index in [1.54, 1.807) is 9.80 Å². The lowest BCUT2D eigenvalue weighted by Crippen LogP contribution is -2.67. The number of nitrogens with one attached hydrogen (secondary N) is 3. The molecule has 4 fully saturated rings. The average Bonchev–Trinajstić information content (AvgIpc) is 3.40. The Morgan fingerprint density at radius 3 is 2.43 bits per heavy atom. The highest BCUT2D eigenvalue weighted by Crippen LogP contribution is 2.40. The van der Waals surface area contributed by atoms with Crippen LogP contribution >= 0.6 is 0 Å². The first kappa shape index (κ1) is 25.7. The van der Waals surface area contributed by atoms with Gasteiger partial charge in [-0.05, 0) is 58.3 Å². The molecule has 4 aliphatic rings. The highest BCUT2D eigenvalue weighted by atomic mass is 16.2. The molecule has 5 amide bonds. The van der Waals surface area contributed by atoms with Crippen molar-refractivity contribution in [2.24, 2.45) is 17.8 Å². The minimum absolute atomic E-state index is 0.0335. The van der Waals surface area contributed by atoms with Crippen molar-refractivity contribution in [3.05, 3.63) is 0 Å². The number of hydrazine groups is 1. The summed E-state index contributed by atoms with van der Waals surface area (Å²) in [7, 11) is 0. The molecule has 2 saturated carbocycles. The van der Waals surface area contributed by atoms with Crippen molar-refractivity contribution in [2.75, 3.05) is 13.1 Å². The van der Waals surface area contributed by atoms with Gasteiger partial charge in [0, 0.05) is 30.6 Å². The van der Waals surface area contributed by atoms with Gasteiger partial charge in [-0.25, -0.2) is 9.80 Å². The number of carbonyl (C=O) groups excluding carboxylic acids is 4. The van der Waals surface area contributed by atoms with Gasteiger partial charge in [0.2, 0.25) is 17.7 Å². The second-order valence-electron chi connectivity index (χ2n) is 11.4. The van der Waals surface area contributed by atoms with Crippen LogP contribution in [0.25, 0.3) is 0 Å². The van der Waals surface area contributed by atoms with Crippen molar-refractivity contribution >= 4 is 23.8 Å². The van der Waals surface area contributed by atoms with Crippen LogP contribution in [-0.2, 0) is 14.4 Å². The molecule has 2 heterocycles. The molecule has 0 aromatic rings. The Labute approximate surface area is 208 Å². The van der Waals surface area contributed by atoms with Crippen LogP contribution in [0.4, 0.5) is 4.79 Å². The van der Waals surface area contributed by atoms with E-state index in [0.29, 0.717) is 31.7 Å². The molecule has 35 heavy (non-hydrogen) atoms. The Bertz CT molecular complexity index is 827. The zero-order valence-electron chi connectivity index (χ0n) is 21.6. The van der Waals surface area contributed by atoms with Crippen molar-refractivity contribution < 1.29 is 19.2 Å². The molecular weight excluding hydrogens is 448 g/mol. The summed E-state index contributed by atoms with van der Waals surface area (Å²) in [4.78, 5) is 56.1. The van der Waals surface area contributed by atoms with Gasteiger partial charge in [-0.3, -0.25) is 19.3 Å². The summed E-state index contributed by atoms with van der Waals surface area (Å²) in [6.45, 7) is 8.38. The Morgan fingerprint density at radius 1 is 1.06 bits per heavy atom. The number of nitrogens with zero attached hydrogens (tertiary/aromatic N) is 3. The van der Waals surface area contributed by atoms with E-state index in [-0.39, 0.29) is 60.3 Å². The molecule has 196 valence electrons. The maximum atomic E-state index is 13.6. The molecule has 4 rings (SSSR count). The predicted octanol–water partition coefficient (Wildman–Crippen LogP) is 1.77. The lowest BCUT2D eigenvalue weighted by molar-refractivity contribution is -0.159. The fraction of sp³-hybridized carbons (Fsp3) is 0.840. The fourth-order valence-electron chi connectivity index (χ4n) is 6.00. The molecule has 2 saturated heterocycles. The topological polar surface area (TPSA) is 114 Å². The predicted molar refractivity (Wildman–Crippen MR) is 130 cm³/mol. The van der Waals surface area contributed by atoms with Gasteiger partial charge >= 0.3 is 6.03 Å². The molecule has 0 aromatic heterocycles. The molecule has 4 unspecified atom stereocenters. The normalized spacial score (nSPS) is 29.1. The van der Waals surface area contributed by atoms with Crippen molar-refractivity contribution in [1.82, 2.24) is 30.9 Å². The third-order valence-electron chi connectivity index (χ3n) is 7.83. The zero-order valence-corrected chi connectivity index (χ0v) is 21.6. The highest BCUT2D eigenvalue weighted by Gasteiger charge is 2.56. The van der Waals surface area contributed by atoms with Gasteiger partial charge in [-0.15, -0.1) is 0 Å². The molecule has 2 aliphatic carbocycles. The van der Waals surface area contributed by atoms with E-state index >= 15 is 0 Å². The number of amides is 5. The molecule has 0 spiro atoms. The maximum Gasteiger partial charge on any atom is 0.337 e. The minimum Gasteiger partial charge on any atom is -0.353 e. The number of urea groups is 1. The lowest BCUT2D eigenvalue weighted by Gasteiger charge is -2.50. The van der Waals surface area contributed by atoms with Gasteiger partial charge in [0.1, 0.15) is 6.54 Å². The fourth-order valence-corrected chi connectivity index (χ4v) is 6.00. The summed E-state index contributed by atoms with van der Waals surface area (Å²) in [6, 6.07) is -0.442. The zero-order chi connectivity index (χ0) is 25.3. The Morgan fingerprint density at radius 2 is 1.77 bits per heavy atom. The van der Waals surface area contributed by atoms with Gasteiger partial charge in [0.05, 0.1) is 5.92 Å². The highest BCUT2D eigenvalue weighted by molar-refractivity contribution is 5.89. The van der Waals surface area contributed by atoms with Crippen LogP contribution in [0.2, 0.25) is 0 Å². The minimum atomic E-state index is -0.626. The van der Waals surface area contributed by atoms with Crippen LogP contribution in [0.1, 0.15) is 79.1 Å². The summed E-state index contributed by atoms with van der Waals surface area (Å²) in [5.41, 5.74) is 3.14. The maximum absolute atomic E-state index is 13.6. The number of hydrogen-bond donors (Lipinski definition) is 3. The van der Waals surface area contributed by atoms with E-state index in [2.05, 4.69) is 29.9 Å². The first-order valence-electron chi connectivity index (χ1n) is 13.4. The second-order valence-corrected chi connectivity index (χ2v) is 11.4. The quantitative estimate of drug-likeness (QED) is 0.480. The number of hydrogen-bond acceptors (Lipinski definition) is 5. The molecular formula is C25H42N6O4. The van der Waals surface area contributed by atoms with Gasteiger partial charge in [0.25, 0.3) is 0 Å². The average molecular weight is 491 g/mol. The van der Waals surface area contributed by atoms with Gasteiger partial charge in [-0.1, -0.05) is 26.7 Å².